The van der Waals surface area contributed by atoms with E-state index in [-0.39, 0.29) is 18.4 Å². The first-order valence-electron chi connectivity index (χ1n) is 9.19. The van der Waals surface area contributed by atoms with Gasteiger partial charge in [0.05, 0.1) is 25.3 Å². The Bertz CT molecular complexity index is 890. The standard InChI is InChI=1S/C21H23ClN2O4S/c1-27-11-9-23(10-12-28-2)19-18(17-8-5-13-29-17)20(25)24(21(19)26)14-15-6-3-4-7-16(15)22/h3-8,13H,9-12,14H2,1-2H3. The average molecular weight is 435 g/mol. The summed E-state index contributed by atoms with van der Waals surface area (Å²) in [5.74, 6) is -0.641. The molecule has 1 aliphatic heterocycles. The number of rotatable bonds is 10. The molecule has 3 rings (SSSR count). The van der Waals surface area contributed by atoms with E-state index in [2.05, 4.69) is 0 Å². The van der Waals surface area contributed by atoms with Gasteiger partial charge in [0.25, 0.3) is 11.8 Å². The lowest BCUT2D eigenvalue weighted by atomic mass is 10.1. The Morgan fingerprint density at radius 3 is 2.28 bits per heavy atom. The summed E-state index contributed by atoms with van der Waals surface area (Å²) in [4.78, 5) is 30.6. The molecule has 0 spiro atoms. The molecular formula is C21H23ClN2O4S. The molecule has 0 N–H and O–H groups in total. The van der Waals surface area contributed by atoms with Crippen LogP contribution in [0.3, 0.4) is 0 Å². The number of thiophene rings is 1. The van der Waals surface area contributed by atoms with Crippen LogP contribution in [0.5, 0.6) is 0 Å². The van der Waals surface area contributed by atoms with E-state index in [1.165, 1.54) is 16.2 Å². The third-order valence-electron chi connectivity index (χ3n) is 4.64. The second-order valence-electron chi connectivity index (χ2n) is 6.46. The van der Waals surface area contributed by atoms with Crippen molar-refractivity contribution in [2.45, 2.75) is 6.54 Å². The van der Waals surface area contributed by atoms with Gasteiger partial charge in [0, 0.05) is 37.2 Å². The fourth-order valence-electron chi connectivity index (χ4n) is 3.18. The highest BCUT2D eigenvalue weighted by molar-refractivity contribution is 7.11. The molecule has 6 nitrogen and oxygen atoms in total. The van der Waals surface area contributed by atoms with Crippen LogP contribution in [0.1, 0.15) is 10.4 Å². The fraction of sp³-hybridized carbons (Fsp3) is 0.333. The Hall–Kier alpha value is -2.19. The molecule has 0 unspecified atom stereocenters. The van der Waals surface area contributed by atoms with Crippen molar-refractivity contribution in [1.82, 2.24) is 9.80 Å². The number of carbonyl (C=O) groups excluding carboxylic acids is 2. The quantitative estimate of drug-likeness (QED) is 0.537. The first-order chi connectivity index (χ1) is 14.1. The van der Waals surface area contributed by atoms with Gasteiger partial charge in [-0.2, -0.15) is 0 Å². The topological polar surface area (TPSA) is 59.1 Å². The van der Waals surface area contributed by atoms with Crippen LogP contribution in [0.4, 0.5) is 0 Å². The minimum atomic E-state index is -0.328. The van der Waals surface area contributed by atoms with Gasteiger partial charge in [0.1, 0.15) is 5.70 Å². The van der Waals surface area contributed by atoms with E-state index in [1.54, 1.807) is 20.3 Å². The Labute approximate surface area is 179 Å². The molecule has 2 amide bonds. The van der Waals surface area contributed by atoms with Gasteiger partial charge in [-0.3, -0.25) is 14.5 Å². The molecule has 0 atom stereocenters. The molecule has 2 aromatic rings. The summed E-state index contributed by atoms with van der Waals surface area (Å²) in [6.45, 7) is 1.93. The number of imide groups is 1. The third-order valence-corrected chi connectivity index (χ3v) is 5.90. The summed E-state index contributed by atoms with van der Waals surface area (Å²) in [5, 5.41) is 2.41. The molecule has 0 fully saturated rings. The lowest BCUT2D eigenvalue weighted by Crippen LogP contribution is -2.37. The summed E-state index contributed by atoms with van der Waals surface area (Å²) >= 11 is 7.70. The molecule has 1 aromatic heterocycles. The van der Waals surface area contributed by atoms with Gasteiger partial charge < -0.3 is 14.4 Å². The normalized spacial score (nSPS) is 14.2. The lowest BCUT2D eigenvalue weighted by Gasteiger charge is -2.25. The molecule has 29 heavy (non-hydrogen) atoms. The molecule has 154 valence electrons. The predicted molar refractivity (Wildman–Crippen MR) is 114 cm³/mol. The maximum atomic E-state index is 13.4. The summed E-state index contributed by atoms with van der Waals surface area (Å²) in [6.07, 6.45) is 0. The van der Waals surface area contributed by atoms with E-state index < -0.39 is 0 Å². The van der Waals surface area contributed by atoms with Gasteiger partial charge in [-0.05, 0) is 23.1 Å². The zero-order chi connectivity index (χ0) is 20.8. The predicted octanol–water partition coefficient (Wildman–Crippen LogP) is 3.28. The molecular weight excluding hydrogens is 412 g/mol. The van der Waals surface area contributed by atoms with Gasteiger partial charge in [-0.1, -0.05) is 35.9 Å². The van der Waals surface area contributed by atoms with E-state index in [9.17, 15) is 9.59 Å². The van der Waals surface area contributed by atoms with Crippen LogP contribution in [0.2, 0.25) is 5.02 Å². The summed E-state index contributed by atoms with van der Waals surface area (Å²) in [7, 11) is 3.21. The molecule has 1 aromatic carbocycles. The number of hydrogen-bond acceptors (Lipinski definition) is 6. The van der Waals surface area contributed by atoms with Crippen LogP contribution in [-0.4, -0.2) is 62.1 Å². The van der Waals surface area contributed by atoms with Crippen molar-refractivity contribution in [3.8, 4) is 0 Å². The van der Waals surface area contributed by atoms with E-state index in [4.69, 9.17) is 21.1 Å². The number of ether oxygens (including phenoxy) is 2. The molecule has 0 saturated carbocycles. The molecule has 0 aliphatic carbocycles. The van der Waals surface area contributed by atoms with Gasteiger partial charge in [-0.25, -0.2) is 0 Å². The molecule has 0 radical (unpaired) electrons. The monoisotopic (exact) mass is 434 g/mol. The van der Waals surface area contributed by atoms with Crippen molar-refractivity contribution < 1.29 is 19.1 Å². The maximum Gasteiger partial charge on any atom is 0.278 e. The van der Waals surface area contributed by atoms with E-state index in [0.717, 1.165) is 10.4 Å². The molecule has 0 saturated heterocycles. The second kappa shape index (κ2) is 10.0. The molecule has 2 heterocycles. The van der Waals surface area contributed by atoms with Gasteiger partial charge in [0.15, 0.2) is 0 Å². The Kier molecular flexibility index (Phi) is 7.44. The Morgan fingerprint density at radius 1 is 1.00 bits per heavy atom. The largest absolute Gasteiger partial charge is 0.383 e. The first-order valence-corrected chi connectivity index (χ1v) is 10.4. The summed E-state index contributed by atoms with van der Waals surface area (Å²) in [5.41, 5.74) is 1.53. The third kappa shape index (κ3) is 4.70. The van der Waals surface area contributed by atoms with Crippen molar-refractivity contribution in [1.29, 1.82) is 0 Å². The van der Waals surface area contributed by atoms with Gasteiger partial charge in [-0.15, -0.1) is 11.3 Å². The number of carbonyl (C=O) groups is 2. The average Bonchev–Trinajstić information content (AvgIpc) is 3.32. The highest BCUT2D eigenvalue weighted by Crippen LogP contribution is 2.35. The van der Waals surface area contributed by atoms with Gasteiger partial charge in [0.2, 0.25) is 0 Å². The van der Waals surface area contributed by atoms with Crippen molar-refractivity contribution in [2.24, 2.45) is 0 Å². The van der Waals surface area contributed by atoms with E-state index >= 15 is 0 Å². The minimum Gasteiger partial charge on any atom is -0.383 e. The summed E-state index contributed by atoms with van der Waals surface area (Å²) in [6, 6.07) is 10.9. The van der Waals surface area contributed by atoms with Crippen LogP contribution >= 0.6 is 22.9 Å². The molecule has 1 aliphatic rings. The smallest absolute Gasteiger partial charge is 0.278 e. The van der Waals surface area contributed by atoms with Gasteiger partial charge >= 0.3 is 0 Å². The van der Waals surface area contributed by atoms with Crippen LogP contribution in [-0.2, 0) is 25.6 Å². The van der Waals surface area contributed by atoms with Crippen molar-refractivity contribution in [2.75, 3.05) is 40.5 Å². The first kappa shape index (κ1) is 21.5. The van der Waals surface area contributed by atoms with Crippen molar-refractivity contribution in [3.63, 3.8) is 0 Å². The number of halogens is 1. The number of nitrogens with zero attached hydrogens (tertiary/aromatic N) is 2. The Morgan fingerprint density at radius 2 is 1.69 bits per heavy atom. The summed E-state index contributed by atoms with van der Waals surface area (Å²) < 4.78 is 10.4. The highest BCUT2D eigenvalue weighted by atomic mass is 35.5. The van der Waals surface area contributed by atoms with Crippen LogP contribution in [0.15, 0.2) is 47.5 Å². The van der Waals surface area contributed by atoms with Crippen molar-refractivity contribution in [3.05, 3.63) is 62.9 Å². The van der Waals surface area contributed by atoms with E-state index in [0.29, 0.717) is 42.6 Å². The van der Waals surface area contributed by atoms with Crippen LogP contribution in [0, 0.1) is 0 Å². The van der Waals surface area contributed by atoms with Crippen molar-refractivity contribution >= 4 is 40.3 Å². The zero-order valence-electron chi connectivity index (χ0n) is 16.4. The minimum absolute atomic E-state index is 0.123. The number of amides is 2. The van der Waals surface area contributed by atoms with Crippen LogP contribution < -0.4 is 0 Å². The number of hydrogen-bond donors (Lipinski definition) is 0. The highest BCUT2D eigenvalue weighted by Gasteiger charge is 2.42. The SMILES string of the molecule is COCCN(CCOC)C1=C(c2cccs2)C(=O)N(Cc2ccccc2Cl)C1=O. The van der Waals surface area contributed by atoms with Crippen LogP contribution in [0.25, 0.3) is 5.57 Å². The second-order valence-corrected chi connectivity index (χ2v) is 7.82. The maximum absolute atomic E-state index is 13.4. The fourth-order valence-corrected chi connectivity index (χ4v) is 4.14. The number of benzene rings is 1. The number of methoxy groups -OCH3 is 2. The lowest BCUT2D eigenvalue weighted by molar-refractivity contribution is -0.138. The van der Waals surface area contributed by atoms with E-state index in [1.807, 2.05) is 40.6 Å². The molecule has 8 heteroatoms. The zero-order valence-corrected chi connectivity index (χ0v) is 18.0. The molecule has 0 bridgehead atoms. The Balaban J connectivity index is 1.99.